The van der Waals surface area contributed by atoms with Crippen LogP contribution < -0.4 is 11.2 Å². The molecule has 146 valence electrons. The van der Waals surface area contributed by atoms with E-state index >= 15 is 0 Å². The quantitative estimate of drug-likeness (QED) is 0.602. The van der Waals surface area contributed by atoms with Crippen LogP contribution in [0.2, 0.25) is 0 Å². The maximum Gasteiger partial charge on any atom is 0.453 e. The summed E-state index contributed by atoms with van der Waals surface area (Å²) in [5.41, 5.74) is 1.25. The van der Waals surface area contributed by atoms with Crippen molar-refractivity contribution in [2.45, 2.75) is 37.5 Å². The molecule has 27 heavy (non-hydrogen) atoms. The van der Waals surface area contributed by atoms with E-state index in [0.717, 1.165) is 5.56 Å². The van der Waals surface area contributed by atoms with E-state index in [1.54, 1.807) is 24.3 Å². The Hall–Kier alpha value is -2.56. The molecule has 7 nitrogen and oxygen atoms in total. The SMILES string of the molecule is CC(C)(C)c1ccc(C(=O)NC(=O)CSc2nnc(C(F)(F)F)n2N)cc1. The van der Waals surface area contributed by atoms with Crippen LogP contribution in [-0.4, -0.2) is 32.4 Å². The van der Waals surface area contributed by atoms with Crippen molar-refractivity contribution in [3.63, 3.8) is 0 Å². The molecule has 1 heterocycles. The fourth-order valence-corrected chi connectivity index (χ4v) is 2.71. The number of halogens is 3. The number of amides is 2. The molecule has 3 N–H and O–H groups in total. The zero-order valence-electron chi connectivity index (χ0n) is 14.8. The van der Waals surface area contributed by atoms with Gasteiger partial charge in [0.1, 0.15) is 0 Å². The number of nitrogens with one attached hydrogen (secondary N) is 1. The predicted octanol–water partition coefficient (Wildman–Crippen LogP) is 2.36. The molecule has 1 aromatic carbocycles. The number of carbonyl (C=O) groups excluding carboxylic acids is 2. The van der Waals surface area contributed by atoms with Gasteiger partial charge in [0.05, 0.1) is 5.75 Å². The third-order valence-electron chi connectivity index (χ3n) is 3.52. The fraction of sp³-hybridized carbons (Fsp3) is 0.375. The van der Waals surface area contributed by atoms with Crippen molar-refractivity contribution >= 4 is 23.6 Å². The maximum atomic E-state index is 12.6. The van der Waals surface area contributed by atoms with Crippen LogP contribution in [0.25, 0.3) is 0 Å². The molecule has 2 rings (SSSR count). The second-order valence-corrected chi connectivity index (χ2v) is 7.61. The summed E-state index contributed by atoms with van der Waals surface area (Å²) in [5, 5.41) is 8.10. The van der Waals surface area contributed by atoms with Crippen LogP contribution in [0.4, 0.5) is 13.2 Å². The van der Waals surface area contributed by atoms with Crippen molar-refractivity contribution in [2.24, 2.45) is 0 Å². The Morgan fingerprint density at radius 3 is 2.22 bits per heavy atom. The lowest BCUT2D eigenvalue weighted by Crippen LogP contribution is -2.32. The number of imide groups is 1. The van der Waals surface area contributed by atoms with E-state index in [-0.39, 0.29) is 21.0 Å². The van der Waals surface area contributed by atoms with Crippen molar-refractivity contribution in [1.29, 1.82) is 0 Å². The van der Waals surface area contributed by atoms with E-state index in [0.29, 0.717) is 17.3 Å². The lowest BCUT2D eigenvalue weighted by atomic mass is 9.87. The molecule has 0 atom stereocenters. The maximum absolute atomic E-state index is 12.6. The van der Waals surface area contributed by atoms with Crippen LogP contribution >= 0.6 is 11.8 Å². The molecule has 2 aromatic rings. The number of carbonyl (C=O) groups is 2. The molecule has 2 amide bonds. The minimum absolute atomic E-state index is 0.0745. The van der Waals surface area contributed by atoms with Gasteiger partial charge in [-0.2, -0.15) is 13.2 Å². The van der Waals surface area contributed by atoms with Crippen molar-refractivity contribution in [3.05, 3.63) is 41.2 Å². The summed E-state index contributed by atoms with van der Waals surface area (Å²) in [5.74, 6) is 2.25. The van der Waals surface area contributed by atoms with Crippen molar-refractivity contribution in [1.82, 2.24) is 20.2 Å². The third-order valence-corrected chi connectivity index (χ3v) is 4.46. The van der Waals surface area contributed by atoms with Gasteiger partial charge < -0.3 is 5.84 Å². The molecule has 0 spiro atoms. The molecule has 0 saturated carbocycles. The van der Waals surface area contributed by atoms with Crippen molar-refractivity contribution < 1.29 is 22.8 Å². The number of alkyl halides is 3. The molecule has 0 aliphatic rings. The van der Waals surface area contributed by atoms with Gasteiger partial charge in [-0.1, -0.05) is 44.7 Å². The summed E-state index contributed by atoms with van der Waals surface area (Å²) in [6, 6.07) is 6.79. The first-order valence-electron chi connectivity index (χ1n) is 7.75. The highest BCUT2D eigenvalue weighted by Gasteiger charge is 2.38. The number of hydrogen-bond acceptors (Lipinski definition) is 6. The monoisotopic (exact) mass is 401 g/mol. The highest BCUT2D eigenvalue weighted by Crippen LogP contribution is 2.28. The van der Waals surface area contributed by atoms with Crippen LogP contribution in [0.1, 0.15) is 42.5 Å². The van der Waals surface area contributed by atoms with E-state index in [9.17, 15) is 22.8 Å². The standard InChI is InChI=1S/C16H18F3N5O2S/c1-15(2,3)10-6-4-9(5-7-10)12(26)21-11(25)8-27-14-23-22-13(24(14)20)16(17,18)19/h4-7H,8,20H2,1-3H3,(H,21,25,26). The van der Waals surface area contributed by atoms with E-state index in [4.69, 9.17) is 5.84 Å². The molecule has 11 heteroatoms. The average Bonchev–Trinajstić information content (AvgIpc) is 2.93. The Kier molecular flexibility index (Phi) is 5.83. The number of nitrogens with zero attached hydrogens (tertiary/aromatic N) is 3. The molecule has 0 aliphatic carbocycles. The van der Waals surface area contributed by atoms with E-state index in [1.807, 2.05) is 20.8 Å². The van der Waals surface area contributed by atoms with Gasteiger partial charge in [0.2, 0.25) is 11.1 Å². The summed E-state index contributed by atoms with van der Waals surface area (Å²) in [6.07, 6.45) is -4.75. The number of rotatable bonds is 4. The van der Waals surface area contributed by atoms with E-state index in [1.165, 1.54) is 0 Å². The normalized spacial score (nSPS) is 12.1. The zero-order chi connectivity index (χ0) is 20.4. The summed E-state index contributed by atoms with van der Waals surface area (Å²) >= 11 is 0.635. The Morgan fingerprint density at radius 1 is 1.15 bits per heavy atom. The summed E-state index contributed by atoms with van der Waals surface area (Å²) in [6.45, 7) is 6.09. The van der Waals surface area contributed by atoms with Gasteiger partial charge in [-0.15, -0.1) is 10.2 Å². The number of nitrogen functional groups attached to an aromatic ring is 1. The van der Waals surface area contributed by atoms with Gasteiger partial charge >= 0.3 is 6.18 Å². The van der Waals surface area contributed by atoms with Crippen LogP contribution in [0.5, 0.6) is 0 Å². The largest absolute Gasteiger partial charge is 0.453 e. The number of aromatic nitrogens is 3. The van der Waals surface area contributed by atoms with Crippen LogP contribution in [-0.2, 0) is 16.4 Å². The molecule has 1 aromatic heterocycles. The predicted molar refractivity (Wildman–Crippen MR) is 93.5 cm³/mol. The summed E-state index contributed by atoms with van der Waals surface area (Å²) < 4.78 is 38.0. The van der Waals surface area contributed by atoms with Crippen LogP contribution in [0.15, 0.2) is 29.4 Å². The average molecular weight is 401 g/mol. The minimum Gasteiger partial charge on any atom is -0.335 e. The molecule has 0 unspecified atom stereocenters. The second kappa shape index (κ2) is 7.59. The van der Waals surface area contributed by atoms with E-state index < -0.39 is 23.8 Å². The Bertz CT molecular complexity index is 841. The smallest absolute Gasteiger partial charge is 0.335 e. The van der Waals surface area contributed by atoms with Crippen LogP contribution in [0.3, 0.4) is 0 Å². The van der Waals surface area contributed by atoms with Gasteiger partial charge in [0, 0.05) is 5.56 Å². The van der Waals surface area contributed by atoms with Gasteiger partial charge in [-0.05, 0) is 23.1 Å². The minimum atomic E-state index is -4.75. The topological polar surface area (TPSA) is 103 Å². The second-order valence-electron chi connectivity index (χ2n) is 6.67. The first-order chi connectivity index (χ1) is 12.4. The fourth-order valence-electron chi connectivity index (χ4n) is 2.06. The van der Waals surface area contributed by atoms with Gasteiger partial charge in [-0.25, -0.2) is 4.68 Å². The zero-order valence-corrected chi connectivity index (χ0v) is 15.6. The molecule has 0 fully saturated rings. The Labute approximate surface area is 157 Å². The highest BCUT2D eigenvalue weighted by molar-refractivity contribution is 7.99. The number of thioether (sulfide) groups is 1. The number of hydrogen-bond donors (Lipinski definition) is 2. The van der Waals surface area contributed by atoms with Gasteiger partial charge in [-0.3, -0.25) is 14.9 Å². The van der Waals surface area contributed by atoms with Gasteiger partial charge in [0.25, 0.3) is 11.7 Å². The van der Waals surface area contributed by atoms with Crippen LogP contribution in [0, 0.1) is 0 Å². The molecular weight excluding hydrogens is 383 g/mol. The first-order valence-corrected chi connectivity index (χ1v) is 8.73. The third kappa shape index (κ3) is 5.22. The molecule has 0 aliphatic heterocycles. The highest BCUT2D eigenvalue weighted by atomic mass is 32.2. The number of nitrogens with two attached hydrogens (primary N) is 1. The Morgan fingerprint density at radius 2 is 1.74 bits per heavy atom. The molecular formula is C16H18F3N5O2S. The molecule has 0 bridgehead atoms. The van der Waals surface area contributed by atoms with Crippen molar-refractivity contribution in [3.8, 4) is 0 Å². The molecule has 0 radical (unpaired) electrons. The molecule has 0 saturated heterocycles. The lowest BCUT2D eigenvalue weighted by Gasteiger charge is -2.18. The summed E-state index contributed by atoms with van der Waals surface area (Å²) in [4.78, 5) is 24.0. The van der Waals surface area contributed by atoms with E-state index in [2.05, 4.69) is 15.5 Å². The Balaban J connectivity index is 1.94. The first kappa shape index (κ1) is 20.7. The lowest BCUT2D eigenvalue weighted by molar-refractivity contribution is -0.146. The number of benzene rings is 1. The summed E-state index contributed by atoms with van der Waals surface area (Å²) in [7, 11) is 0. The van der Waals surface area contributed by atoms with Crippen molar-refractivity contribution in [2.75, 3.05) is 11.6 Å². The van der Waals surface area contributed by atoms with Gasteiger partial charge in [0.15, 0.2) is 0 Å².